The molecule has 0 spiro atoms. The monoisotopic (exact) mass is 323 g/mol. The van der Waals surface area contributed by atoms with Crippen molar-refractivity contribution in [1.82, 2.24) is 4.90 Å². The summed E-state index contributed by atoms with van der Waals surface area (Å²) in [6, 6.07) is 5.04. The second-order valence-electron chi connectivity index (χ2n) is 6.01. The fraction of sp³-hybridized carbons (Fsp3) is 0.500. The lowest BCUT2D eigenvalue weighted by Gasteiger charge is -2.25. The zero-order valence-electron chi connectivity index (χ0n) is 12.9. The zero-order valence-corrected chi connectivity index (χ0v) is 13.7. The van der Waals surface area contributed by atoms with Gasteiger partial charge in [0, 0.05) is 31.7 Å². The van der Waals surface area contributed by atoms with Gasteiger partial charge in [-0.2, -0.15) is 0 Å². The molecule has 3 N–H and O–H groups in total. The highest BCUT2D eigenvalue weighted by Crippen LogP contribution is 2.26. The Balaban J connectivity index is 2.11. The Labute approximate surface area is 135 Å². The van der Waals surface area contributed by atoms with E-state index in [1.165, 1.54) is 4.90 Å². The molecular weight excluding hydrogens is 302 g/mol. The second kappa shape index (κ2) is 7.11. The van der Waals surface area contributed by atoms with Gasteiger partial charge in [-0.25, -0.2) is 0 Å². The number of rotatable bonds is 3. The molecule has 5 nitrogen and oxygen atoms in total. The average Bonchev–Trinajstić information content (AvgIpc) is 2.48. The van der Waals surface area contributed by atoms with Gasteiger partial charge in [0.05, 0.1) is 10.6 Å². The predicted molar refractivity (Wildman–Crippen MR) is 88.0 cm³/mol. The van der Waals surface area contributed by atoms with E-state index in [2.05, 4.69) is 5.32 Å². The van der Waals surface area contributed by atoms with Gasteiger partial charge in [0.15, 0.2) is 0 Å². The largest absolute Gasteiger partial charge is 0.345 e. The normalized spacial score (nSPS) is 21.3. The summed E-state index contributed by atoms with van der Waals surface area (Å²) in [5, 5.41) is 3.24. The third-order valence-corrected chi connectivity index (χ3v) is 4.29. The van der Waals surface area contributed by atoms with Crippen molar-refractivity contribution in [1.29, 1.82) is 0 Å². The summed E-state index contributed by atoms with van der Waals surface area (Å²) >= 11 is 6.06. The van der Waals surface area contributed by atoms with Gasteiger partial charge < -0.3 is 16.0 Å². The molecule has 1 aliphatic rings. The first-order chi connectivity index (χ1) is 10.4. The maximum absolute atomic E-state index is 12.3. The SMILES string of the molecule is CN(C)C(=O)c1cc(NC(=O)C2CCCC(N)C2)ccc1Cl. The van der Waals surface area contributed by atoms with E-state index in [9.17, 15) is 9.59 Å². The summed E-state index contributed by atoms with van der Waals surface area (Å²) in [6.07, 6.45) is 3.52. The maximum Gasteiger partial charge on any atom is 0.254 e. The van der Waals surface area contributed by atoms with Crippen LogP contribution in [0.3, 0.4) is 0 Å². The number of nitrogens with zero attached hydrogens (tertiary/aromatic N) is 1. The van der Waals surface area contributed by atoms with Crippen LogP contribution in [-0.2, 0) is 4.79 Å². The Morgan fingerprint density at radius 1 is 1.32 bits per heavy atom. The number of carbonyl (C=O) groups excluding carboxylic acids is 2. The van der Waals surface area contributed by atoms with Crippen LogP contribution in [0.1, 0.15) is 36.0 Å². The molecule has 120 valence electrons. The molecule has 0 saturated heterocycles. The van der Waals surface area contributed by atoms with Gasteiger partial charge >= 0.3 is 0 Å². The Hall–Kier alpha value is -1.59. The number of halogens is 1. The predicted octanol–water partition coefficient (Wildman–Crippen LogP) is 2.50. The number of nitrogens with two attached hydrogens (primary N) is 1. The molecule has 2 unspecified atom stereocenters. The van der Waals surface area contributed by atoms with E-state index in [1.54, 1.807) is 32.3 Å². The number of hydrogen-bond acceptors (Lipinski definition) is 3. The summed E-state index contributed by atoms with van der Waals surface area (Å²) in [6.45, 7) is 0. The summed E-state index contributed by atoms with van der Waals surface area (Å²) < 4.78 is 0. The number of benzene rings is 1. The Bertz CT molecular complexity index is 575. The Morgan fingerprint density at radius 3 is 2.68 bits per heavy atom. The minimum absolute atomic E-state index is 0.0410. The van der Waals surface area contributed by atoms with Gasteiger partial charge in [-0.3, -0.25) is 9.59 Å². The fourth-order valence-electron chi connectivity index (χ4n) is 2.72. The molecule has 22 heavy (non-hydrogen) atoms. The molecule has 6 heteroatoms. The molecule has 2 atom stereocenters. The van der Waals surface area contributed by atoms with Gasteiger partial charge in [-0.05, 0) is 37.5 Å². The highest BCUT2D eigenvalue weighted by molar-refractivity contribution is 6.34. The Kier molecular flexibility index (Phi) is 5.42. The van der Waals surface area contributed by atoms with Crippen LogP contribution in [0.15, 0.2) is 18.2 Å². The lowest BCUT2D eigenvalue weighted by Crippen LogP contribution is -2.34. The molecule has 0 aliphatic heterocycles. The summed E-state index contributed by atoms with van der Waals surface area (Å²) in [4.78, 5) is 25.8. The van der Waals surface area contributed by atoms with E-state index < -0.39 is 0 Å². The first-order valence-corrected chi connectivity index (χ1v) is 7.84. The number of amides is 2. The number of carbonyl (C=O) groups is 2. The third-order valence-electron chi connectivity index (χ3n) is 3.96. The maximum atomic E-state index is 12.3. The molecule has 1 aromatic rings. The summed E-state index contributed by atoms with van der Waals surface area (Å²) in [7, 11) is 3.32. The van der Waals surface area contributed by atoms with Crippen LogP contribution in [0.5, 0.6) is 0 Å². The van der Waals surface area contributed by atoms with Crippen molar-refractivity contribution in [2.75, 3.05) is 19.4 Å². The van der Waals surface area contributed by atoms with E-state index in [4.69, 9.17) is 17.3 Å². The van der Waals surface area contributed by atoms with Crippen molar-refractivity contribution in [3.63, 3.8) is 0 Å². The minimum atomic E-state index is -0.194. The first kappa shape index (κ1) is 16.8. The molecule has 0 bridgehead atoms. The van der Waals surface area contributed by atoms with Crippen LogP contribution < -0.4 is 11.1 Å². The molecule has 1 aliphatic carbocycles. The minimum Gasteiger partial charge on any atom is -0.345 e. The van der Waals surface area contributed by atoms with Gasteiger partial charge in [-0.1, -0.05) is 18.0 Å². The highest BCUT2D eigenvalue weighted by atomic mass is 35.5. The Morgan fingerprint density at radius 2 is 2.05 bits per heavy atom. The van der Waals surface area contributed by atoms with Gasteiger partial charge in [0.25, 0.3) is 5.91 Å². The third kappa shape index (κ3) is 3.99. The van der Waals surface area contributed by atoms with Crippen molar-refractivity contribution in [3.8, 4) is 0 Å². The molecule has 0 radical (unpaired) electrons. The molecule has 2 rings (SSSR count). The van der Waals surface area contributed by atoms with Crippen LogP contribution in [0, 0.1) is 5.92 Å². The van der Waals surface area contributed by atoms with Crippen LogP contribution >= 0.6 is 11.6 Å². The topological polar surface area (TPSA) is 75.4 Å². The van der Waals surface area contributed by atoms with Gasteiger partial charge in [-0.15, -0.1) is 0 Å². The molecular formula is C16H22ClN3O2. The smallest absolute Gasteiger partial charge is 0.254 e. The molecule has 1 aromatic carbocycles. The number of anilines is 1. The van der Waals surface area contributed by atoms with Crippen LogP contribution in [0.2, 0.25) is 5.02 Å². The van der Waals surface area contributed by atoms with Gasteiger partial charge in [0.1, 0.15) is 0 Å². The lowest BCUT2D eigenvalue weighted by molar-refractivity contribution is -0.120. The van der Waals surface area contributed by atoms with Crippen molar-refractivity contribution in [2.45, 2.75) is 31.7 Å². The van der Waals surface area contributed by atoms with Crippen LogP contribution in [0.25, 0.3) is 0 Å². The van der Waals surface area contributed by atoms with E-state index in [0.717, 1.165) is 19.3 Å². The van der Waals surface area contributed by atoms with Gasteiger partial charge in [0.2, 0.25) is 5.91 Å². The van der Waals surface area contributed by atoms with E-state index >= 15 is 0 Å². The standard InChI is InChI=1S/C16H22ClN3O2/c1-20(2)16(22)13-9-12(6-7-14(13)17)19-15(21)10-4-3-5-11(18)8-10/h6-7,9-11H,3-5,8,18H2,1-2H3,(H,19,21). The van der Waals surface area contributed by atoms with Crippen LogP contribution in [0.4, 0.5) is 5.69 Å². The van der Waals surface area contributed by atoms with E-state index in [-0.39, 0.29) is 23.8 Å². The van der Waals surface area contributed by atoms with Crippen molar-refractivity contribution >= 4 is 29.1 Å². The molecule has 1 saturated carbocycles. The molecule has 2 amide bonds. The van der Waals surface area contributed by atoms with Crippen molar-refractivity contribution in [2.24, 2.45) is 11.7 Å². The summed E-state index contributed by atoms with van der Waals surface area (Å²) in [5.41, 5.74) is 6.89. The van der Waals surface area contributed by atoms with Crippen molar-refractivity contribution in [3.05, 3.63) is 28.8 Å². The van der Waals surface area contributed by atoms with Crippen molar-refractivity contribution < 1.29 is 9.59 Å². The number of hydrogen-bond donors (Lipinski definition) is 2. The van der Waals surface area contributed by atoms with E-state index in [0.29, 0.717) is 22.7 Å². The fourth-order valence-corrected chi connectivity index (χ4v) is 2.92. The lowest BCUT2D eigenvalue weighted by atomic mass is 9.85. The second-order valence-corrected chi connectivity index (χ2v) is 6.41. The van der Waals surface area contributed by atoms with E-state index in [1.807, 2.05) is 0 Å². The average molecular weight is 324 g/mol. The molecule has 1 fully saturated rings. The first-order valence-electron chi connectivity index (χ1n) is 7.46. The zero-order chi connectivity index (χ0) is 16.3. The highest BCUT2D eigenvalue weighted by Gasteiger charge is 2.25. The quantitative estimate of drug-likeness (QED) is 0.897. The van der Waals surface area contributed by atoms with Crippen LogP contribution in [-0.4, -0.2) is 36.9 Å². The summed E-state index contributed by atoms with van der Waals surface area (Å²) in [5.74, 6) is -0.297. The molecule has 0 aromatic heterocycles. The molecule has 0 heterocycles. The number of nitrogens with one attached hydrogen (secondary N) is 1.